The van der Waals surface area contributed by atoms with Gasteiger partial charge in [-0.3, -0.25) is 24.0 Å². The number of carbonyl (C=O) groups is 7. The Morgan fingerprint density at radius 1 is 0.646 bits per heavy atom. The van der Waals surface area contributed by atoms with E-state index in [4.69, 9.17) is 14.2 Å². The van der Waals surface area contributed by atoms with Crippen LogP contribution in [0.15, 0.2) is 24.3 Å². The zero-order valence-electron chi connectivity index (χ0n) is 40.2. The maximum atomic E-state index is 13.4. The molecular formula is C49H81N5O11. The van der Waals surface area contributed by atoms with Gasteiger partial charge >= 0.3 is 11.9 Å². The van der Waals surface area contributed by atoms with Crippen molar-refractivity contribution < 1.29 is 52.9 Å². The fourth-order valence-electron chi connectivity index (χ4n) is 7.09. The molecule has 368 valence electrons. The van der Waals surface area contributed by atoms with Crippen LogP contribution in [0.25, 0.3) is 6.08 Å². The summed E-state index contributed by atoms with van der Waals surface area (Å²) in [5, 5.41) is 22.9. The number of rotatable bonds is 37. The lowest BCUT2D eigenvalue weighted by Gasteiger charge is -2.25. The molecule has 0 saturated heterocycles. The van der Waals surface area contributed by atoms with Crippen LogP contribution in [0.3, 0.4) is 0 Å². The number of ether oxygens (including phenoxy) is 3. The number of methoxy groups -OCH3 is 2. The molecule has 5 amide bonds. The Bertz CT molecular complexity index is 1600. The first-order valence-corrected chi connectivity index (χ1v) is 24.0. The summed E-state index contributed by atoms with van der Waals surface area (Å²) in [4.78, 5) is 89.3. The first-order valence-electron chi connectivity index (χ1n) is 24.0. The molecule has 6 N–H and O–H groups in total. The molecule has 0 heterocycles. The van der Waals surface area contributed by atoms with Crippen molar-refractivity contribution in [1.29, 1.82) is 0 Å². The monoisotopic (exact) mass is 916 g/mol. The maximum absolute atomic E-state index is 13.4. The highest BCUT2D eigenvalue weighted by Gasteiger charge is 2.30. The molecule has 0 aromatic heterocycles. The zero-order chi connectivity index (χ0) is 48.2. The smallest absolute Gasteiger partial charge is 0.328 e. The number of carbonyl (C=O) groups excluding carboxylic acids is 7. The summed E-state index contributed by atoms with van der Waals surface area (Å²) in [5.41, 5.74) is 0.571. The van der Waals surface area contributed by atoms with Gasteiger partial charge in [-0.2, -0.15) is 0 Å². The molecular weight excluding hydrogens is 835 g/mol. The molecule has 1 rings (SSSR count). The van der Waals surface area contributed by atoms with Crippen LogP contribution in [0.5, 0.6) is 11.5 Å². The second-order valence-electron chi connectivity index (χ2n) is 16.8. The van der Waals surface area contributed by atoms with Crippen LogP contribution in [-0.2, 0) is 43.0 Å². The molecule has 0 spiro atoms. The topological polar surface area (TPSA) is 228 Å². The molecule has 16 heteroatoms. The van der Waals surface area contributed by atoms with Crippen LogP contribution in [0.4, 0.5) is 0 Å². The summed E-state index contributed by atoms with van der Waals surface area (Å²) < 4.78 is 15.1. The fourth-order valence-corrected chi connectivity index (χ4v) is 7.09. The van der Waals surface area contributed by atoms with Gasteiger partial charge in [0.1, 0.15) is 18.1 Å². The van der Waals surface area contributed by atoms with E-state index in [1.54, 1.807) is 26.8 Å². The van der Waals surface area contributed by atoms with Gasteiger partial charge in [-0.15, -0.1) is 0 Å². The molecule has 1 aromatic carbocycles. The minimum Gasteiger partial charge on any atom is -0.504 e. The Labute approximate surface area is 387 Å². The van der Waals surface area contributed by atoms with Gasteiger partial charge in [0.25, 0.3) is 0 Å². The zero-order valence-corrected chi connectivity index (χ0v) is 40.2. The van der Waals surface area contributed by atoms with Gasteiger partial charge in [-0.1, -0.05) is 117 Å². The SMILES string of the molecule is CCCCCCCCCCCCCCCCCC(=O)NCCCCC(NC(=O)CC[C@@H](NC(=O)[C@@H](NC(=O)CNC(=O)/C=C/c1ccc(O)c(OC)c1)C(C)C)C(=O)OCC)C(=O)OC. The van der Waals surface area contributed by atoms with E-state index in [1.807, 2.05) is 0 Å². The maximum Gasteiger partial charge on any atom is 0.328 e. The third-order valence-electron chi connectivity index (χ3n) is 10.9. The molecule has 0 bridgehead atoms. The second kappa shape index (κ2) is 36.1. The van der Waals surface area contributed by atoms with Crippen molar-refractivity contribution >= 4 is 47.6 Å². The van der Waals surface area contributed by atoms with Gasteiger partial charge in [0, 0.05) is 25.5 Å². The lowest BCUT2D eigenvalue weighted by molar-refractivity contribution is -0.148. The second-order valence-corrected chi connectivity index (χ2v) is 16.8. The Morgan fingerprint density at radius 2 is 1.25 bits per heavy atom. The van der Waals surface area contributed by atoms with E-state index >= 15 is 0 Å². The van der Waals surface area contributed by atoms with Crippen molar-refractivity contribution in [2.24, 2.45) is 5.92 Å². The van der Waals surface area contributed by atoms with Crippen LogP contribution in [-0.4, -0.2) is 98.6 Å². The van der Waals surface area contributed by atoms with Crippen molar-refractivity contribution in [2.75, 3.05) is 33.9 Å². The van der Waals surface area contributed by atoms with E-state index in [0.717, 1.165) is 19.3 Å². The highest BCUT2D eigenvalue weighted by atomic mass is 16.5. The third kappa shape index (κ3) is 27.7. The molecule has 0 aliphatic rings. The summed E-state index contributed by atoms with van der Waals surface area (Å²) in [7, 11) is 2.62. The predicted octanol–water partition coefficient (Wildman–Crippen LogP) is 6.70. The first-order chi connectivity index (χ1) is 31.3. The lowest BCUT2D eigenvalue weighted by Crippen LogP contribution is -2.55. The largest absolute Gasteiger partial charge is 0.504 e. The van der Waals surface area contributed by atoms with Crippen LogP contribution >= 0.6 is 0 Å². The molecule has 0 aliphatic carbocycles. The number of benzene rings is 1. The van der Waals surface area contributed by atoms with E-state index in [9.17, 15) is 38.7 Å². The molecule has 1 unspecified atom stereocenters. The summed E-state index contributed by atoms with van der Waals surface area (Å²) >= 11 is 0. The number of nitrogens with one attached hydrogen (secondary N) is 5. The molecule has 0 saturated carbocycles. The highest BCUT2D eigenvalue weighted by molar-refractivity contribution is 5.96. The normalized spacial score (nSPS) is 12.5. The van der Waals surface area contributed by atoms with E-state index in [0.29, 0.717) is 31.4 Å². The number of unbranched alkanes of at least 4 members (excludes halogenated alkanes) is 15. The Kier molecular flexibility index (Phi) is 32.1. The molecule has 0 radical (unpaired) electrons. The fraction of sp³-hybridized carbons (Fsp3) is 0.694. The van der Waals surface area contributed by atoms with Crippen LogP contribution in [0, 0.1) is 5.92 Å². The van der Waals surface area contributed by atoms with E-state index in [-0.39, 0.29) is 43.3 Å². The van der Waals surface area contributed by atoms with Crippen molar-refractivity contribution in [3.8, 4) is 11.5 Å². The number of hydrogen-bond acceptors (Lipinski definition) is 11. The van der Waals surface area contributed by atoms with Crippen LogP contribution in [0.2, 0.25) is 0 Å². The number of aromatic hydroxyl groups is 1. The summed E-state index contributed by atoms with van der Waals surface area (Å²) in [5.74, 6) is -4.17. The number of hydrogen-bond donors (Lipinski definition) is 6. The number of amides is 5. The van der Waals surface area contributed by atoms with E-state index < -0.39 is 66.2 Å². The van der Waals surface area contributed by atoms with Gasteiger partial charge in [-0.05, 0) is 68.7 Å². The highest BCUT2D eigenvalue weighted by Crippen LogP contribution is 2.26. The minimum atomic E-state index is -1.25. The quantitative estimate of drug-likeness (QED) is 0.0234. The average molecular weight is 916 g/mol. The molecule has 3 atom stereocenters. The summed E-state index contributed by atoms with van der Waals surface area (Å²) in [6.07, 6.45) is 23.1. The summed E-state index contributed by atoms with van der Waals surface area (Å²) in [6.45, 7) is 7.24. The van der Waals surface area contributed by atoms with Crippen LogP contribution in [0.1, 0.15) is 168 Å². The van der Waals surface area contributed by atoms with E-state index in [1.165, 1.54) is 116 Å². The van der Waals surface area contributed by atoms with Crippen molar-refractivity contribution in [3.05, 3.63) is 29.8 Å². The molecule has 16 nitrogen and oxygen atoms in total. The van der Waals surface area contributed by atoms with Crippen LogP contribution < -0.4 is 31.3 Å². The van der Waals surface area contributed by atoms with Gasteiger partial charge in [0.15, 0.2) is 11.5 Å². The van der Waals surface area contributed by atoms with Gasteiger partial charge < -0.3 is 45.9 Å². The average Bonchev–Trinajstić information content (AvgIpc) is 3.28. The number of phenols is 1. The molecule has 0 fully saturated rings. The first kappa shape index (κ1) is 57.9. The molecule has 0 aliphatic heterocycles. The van der Waals surface area contributed by atoms with Gasteiger partial charge in [0.2, 0.25) is 29.5 Å². The van der Waals surface area contributed by atoms with Crippen molar-refractivity contribution in [3.63, 3.8) is 0 Å². The number of phenolic OH excluding ortho intramolecular Hbond substituents is 1. The Morgan fingerprint density at radius 3 is 1.82 bits per heavy atom. The standard InChI is InChI=1S/C49H81N5O11/c1-7-9-10-11-12-13-14-15-16-17-18-19-20-21-22-26-42(56)50-33-24-23-25-38(48(61)64-6)52-44(58)32-29-39(49(62)65-8-2)53-47(60)46(36(3)4)54-45(59)35-51-43(57)31-28-37-27-30-40(55)41(34-37)63-5/h27-28,30-31,34,36,38-39,46,55H,7-26,29,32-33,35H2,1-6H3,(H,50,56)(H,51,57)(H,52,58)(H,53,60)(H,54,59)/b31-28+/t38?,39-,46+/m1/s1. The van der Waals surface area contributed by atoms with Crippen molar-refractivity contribution in [1.82, 2.24) is 26.6 Å². The Balaban J connectivity index is 2.48. The number of esters is 2. The lowest BCUT2D eigenvalue weighted by atomic mass is 10.0. The summed E-state index contributed by atoms with van der Waals surface area (Å²) in [6, 6.07) is 1.21. The minimum absolute atomic E-state index is 0.00503. The van der Waals surface area contributed by atoms with Gasteiger partial charge in [-0.25, -0.2) is 9.59 Å². The third-order valence-corrected chi connectivity index (χ3v) is 10.9. The van der Waals surface area contributed by atoms with Gasteiger partial charge in [0.05, 0.1) is 27.4 Å². The Hall–Kier alpha value is -5.15. The molecule has 1 aromatic rings. The van der Waals surface area contributed by atoms with E-state index in [2.05, 4.69) is 33.5 Å². The molecule has 65 heavy (non-hydrogen) atoms. The predicted molar refractivity (Wildman–Crippen MR) is 252 cm³/mol. The van der Waals surface area contributed by atoms with Crippen molar-refractivity contribution in [2.45, 2.75) is 181 Å².